The van der Waals surface area contributed by atoms with E-state index < -0.39 is 0 Å². The van der Waals surface area contributed by atoms with Crippen molar-refractivity contribution in [3.05, 3.63) is 32.4 Å². The first-order valence-corrected chi connectivity index (χ1v) is 6.80. The molecular weight excluding hydrogens is 336 g/mol. The first kappa shape index (κ1) is 13.8. The van der Waals surface area contributed by atoms with Crippen LogP contribution in [0.1, 0.15) is 30.6 Å². The van der Waals surface area contributed by atoms with Gasteiger partial charge in [-0.25, -0.2) is 0 Å². The Hall–Kier alpha value is -0.290. The minimum atomic E-state index is 0.0580. The molecule has 0 fully saturated rings. The summed E-state index contributed by atoms with van der Waals surface area (Å²) < 4.78 is 0.967. The van der Waals surface area contributed by atoms with Crippen molar-refractivity contribution in [3.63, 3.8) is 0 Å². The Morgan fingerprint density at radius 3 is 2.62 bits per heavy atom. The molecule has 0 radical (unpaired) electrons. The highest BCUT2D eigenvalue weighted by Gasteiger charge is 2.13. The van der Waals surface area contributed by atoms with Crippen LogP contribution in [0.25, 0.3) is 0 Å². The summed E-state index contributed by atoms with van der Waals surface area (Å²) in [6.07, 6.45) is 0.970. The molecule has 16 heavy (non-hydrogen) atoms. The summed E-state index contributed by atoms with van der Waals surface area (Å²) in [6, 6.07) is 5.44. The van der Waals surface area contributed by atoms with E-state index in [2.05, 4.69) is 29.5 Å². The van der Waals surface area contributed by atoms with Crippen LogP contribution in [0.4, 0.5) is 0 Å². The third-order valence-corrected chi connectivity index (χ3v) is 3.90. The number of amides is 1. The largest absolute Gasteiger partial charge is 0.339 e. The van der Waals surface area contributed by atoms with Crippen LogP contribution in [0.15, 0.2) is 18.2 Å². The molecule has 2 nitrogen and oxygen atoms in total. The van der Waals surface area contributed by atoms with Gasteiger partial charge in [-0.15, -0.1) is 0 Å². The molecule has 0 aromatic heterocycles. The topological polar surface area (TPSA) is 20.3 Å². The maximum absolute atomic E-state index is 12.1. The molecule has 0 aliphatic heterocycles. The van der Waals surface area contributed by atoms with Gasteiger partial charge in [0.25, 0.3) is 5.91 Å². The van der Waals surface area contributed by atoms with E-state index in [1.807, 2.05) is 24.0 Å². The molecule has 0 saturated heterocycles. The minimum absolute atomic E-state index is 0.0580. The van der Waals surface area contributed by atoms with Gasteiger partial charge in [-0.1, -0.05) is 18.5 Å². The van der Waals surface area contributed by atoms with Crippen LogP contribution in [0.3, 0.4) is 0 Å². The van der Waals surface area contributed by atoms with Crippen molar-refractivity contribution >= 4 is 40.1 Å². The summed E-state index contributed by atoms with van der Waals surface area (Å²) in [5.74, 6) is 0.0580. The highest BCUT2D eigenvalue weighted by molar-refractivity contribution is 14.1. The second-order valence-electron chi connectivity index (χ2n) is 3.51. The lowest BCUT2D eigenvalue weighted by molar-refractivity contribution is 0.0764. The van der Waals surface area contributed by atoms with E-state index in [0.717, 1.165) is 23.1 Å². The Morgan fingerprint density at radius 2 is 2.12 bits per heavy atom. The molecule has 0 heterocycles. The van der Waals surface area contributed by atoms with Crippen molar-refractivity contribution in [2.75, 3.05) is 13.1 Å². The van der Waals surface area contributed by atoms with Gasteiger partial charge < -0.3 is 4.90 Å². The zero-order chi connectivity index (χ0) is 12.1. The molecule has 0 unspecified atom stereocenters. The van der Waals surface area contributed by atoms with Gasteiger partial charge in [-0.05, 0) is 54.1 Å². The second-order valence-corrected chi connectivity index (χ2v) is 5.08. The van der Waals surface area contributed by atoms with Crippen LogP contribution in [-0.2, 0) is 0 Å². The lowest BCUT2D eigenvalue weighted by atomic mass is 10.2. The van der Waals surface area contributed by atoms with Gasteiger partial charge in [0.15, 0.2) is 0 Å². The lowest BCUT2D eigenvalue weighted by Gasteiger charge is -2.20. The molecule has 1 aromatic rings. The van der Waals surface area contributed by atoms with Crippen LogP contribution in [0.2, 0.25) is 5.02 Å². The smallest absolute Gasteiger partial charge is 0.253 e. The Bertz CT molecular complexity index is 381. The molecule has 0 atom stereocenters. The summed E-state index contributed by atoms with van der Waals surface area (Å²) in [6.45, 7) is 5.58. The number of halogens is 2. The first-order valence-electron chi connectivity index (χ1n) is 5.34. The van der Waals surface area contributed by atoms with Gasteiger partial charge in [0.05, 0.1) is 5.02 Å². The molecule has 0 bridgehead atoms. The third-order valence-electron chi connectivity index (χ3n) is 2.33. The quantitative estimate of drug-likeness (QED) is 0.755. The van der Waals surface area contributed by atoms with Gasteiger partial charge in [-0.2, -0.15) is 0 Å². The van der Waals surface area contributed by atoms with E-state index in [0.29, 0.717) is 10.6 Å². The van der Waals surface area contributed by atoms with Crippen LogP contribution in [0.5, 0.6) is 0 Å². The molecule has 0 aliphatic rings. The van der Waals surface area contributed by atoms with E-state index >= 15 is 0 Å². The number of carbonyl (C=O) groups excluding carboxylic acids is 1. The van der Waals surface area contributed by atoms with Crippen molar-refractivity contribution in [2.24, 2.45) is 0 Å². The molecule has 88 valence electrons. The fourth-order valence-corrected chi connectivity index (χ4v) is 2.00. The zero-order valence-electron chi connectivity index (χ0n) is 9.46. The molecule has 0 N–H and O–H groups in total. The van der Waals surface area contributed by atoms with Gasteiger partial charge in [0, 0.05) is 22.2 Å². The molecule has 4 heteroatoms. The van der Waals surface area contributed by atoms with E-state index in [-0.39, 0.29) is 5.91 Å². The maximum atomic E-state index is 12.1. The van der Waals surface area contributed by atoms with Crippen molar-refractivity contribution in [2.45, 2.75) is 20.3 Å². The number of benzene rings is 1. The van der Waals surface area contributed by atoms with Crippen molar-refractivity contribution < 1.29 is 4.79 Å². The number of nitrogens with zero attached hydrogens (tertiary/aromatic N) is 1. The normalized spacial score (nSPS) is 10.2. The standard InChI is InChI=1S/C12H15ClINO/c1-3-7-15(4-2)12(16)9-5-6-11(14)10(13)8-9/h5-6,8H,3-4,7H2,1-2H3. The monoisotopic (exact) mass is 351 g/mol. The predicted molar refractivity (Wildman–Crippen MR) is 76.0 cm³/mol. The molecule has 0 spiro atoms. The van der Waals surface area contributed by atoms with Crippen LogP contribution in [-0.4, -0.2) is 23.9 Å². The van der Waals surface area contributed by atoms with E-state index in [9.17, 15) is 4.79 Å². The average Bonchev–Trinajstić information content (AvgIpc) is 2.28. The van der Waals surface area contributed by atoms with Crippen molar-refractivity contribution in [1.82, 2.24) is 4.90 Å². The third kappa shape index (κ3) is 3.35. The zero-order valence-corrected chi connectivity index (χ0v) is 12.4. The summed E-state index contributed by atoms with van der Waals surface area (Å²) in [4.78, 5) is 13.9. The fourth-order valence-electron chi connectivity index (χ4n) is 1.48. The van der Waals surface area contributed by atoms with Gasteiger partial charge in [-0.3, -0.25) is 4.79 Å². The second kappa shape index (κ2) is 6.45. The SMILES string of the molecule is CCCN(CC)C(=O)c1ccc(I)c(Cl)c1. The summed E-state index contributed by atoms with van der Waals surface area (Å²) in [5.41, 5.74) is 0.667. The Labute approximate surface area is 115 Å². The van der Waals surface area contributed by atoms with Crippen molar-refractivity contribution in [1.29, 1.82) is 0 Å². The Morgan fingerprint density at radius 1 is 1.44 bits per heavy atom. The predicted octanol–water partition coefficient (Wildman–Crippen LogP) is 3.82. The van der Waals surface area contributed by atoms with E-state index in [4.69, 9.17) is 11.6 Å². The average molecular weight is 352 g/mol. The number of rotatable bonds is 4. The fraction of sp³-hybridized carbons (Fsp3) is 0.417. The number of carbonyl (C=O) groups is 1. The summed E-state index contributed by atoms with van der Waals surface area (Å²) in [7, 11) is 0. The highest BCUT2D eigenvalue weighted by Crippen LogP contribution is 2.20. The molecule has 1 aromatic carbocycles. The van der Waals surface area contributed by atoms with Crippen molar-refractivity contribution in [3.8, 4) is 0 Å². The molecule has 0 aliphatic carbocycles. The van der Waals surface area contributed by atoms with Crippen LogP contribution in [0, 0.1) is 3.57 Å². The van der Waals surface area contributed by atoms with Crippen LogP contribution < -0.4 is 0 Å². The number of hydrogen-bond acceptors (Lipinski definition) is 1. The van der Waals surface area contributed by atoms with Crippen LogP contribution >= 0.6 is 34.2 Å². The van der Waals surface area contributed by atoms with Gasteiger partial charge in [0.2, 0.25) is 0 Å². The number of hydrogen-bond donors (Lipinski definition) is 0. The Kier molecular flexibility index (Phi) is 5.55. The van der Waals surface area contributed by atoms with Gasteiger partial charge >= 0.3 is 0 Å². The Balaban J connectivity index is 2.90. The lowest BCUT2D eigenvalue weighted by Crippen LogP contribution is -2.31. The molecule has 1 amide bonds. The molecule has 0 saturated carbocycles. The maximum Gasteiger partial charge on any atom is 0.253 e. The minimum Gasteiger partial charge on any atom is -0.339 e. The highest BCUT2D eigenvalue weighted by atomic mass is 127. The summed E-state index contributed by atoms with van der Waals surface area (Å²) >= 11 is 8.16. The molecular formula is C12H15ClINO. The van der Waals surface area contributed by atoms with E-state index in [1.54, 1.807) is 6.07 Å². The first-order chi connectivity index (χ1) is 7.60. The molecule has 1 rings (SSSR count). The summed E-state index contributed by atoms with van der Waals surface area (Å²) in [5, 5.41) is 0.638. The van der Waals surface area contributed by atoms with E-state index in [1.165, 1.54) is 0 Å². The van der Waals surface area contributed by atoms with Gasteiger partial charge in [0.1, 0.15) is 0 Å².